The van der Waals surface area contributed by atoms with Crippen LogP contribution in [0.5, 0.6) is 0 Å². The number of carboxylic acid groups (broad SMARTS) is 1. The molecule has 0 spiro atoms. The van der Waals surface area contributed by atoms with Gasteiger partial charge in [-0.3, -0.25) is 9.59 Å². The summed E-state index contributed by atoms with van der Waals surface area (Å²) >= 11 is 0. The van der Waals surface area contributed by atoms with Crippen LogP contribution in [0.1, 0.15) is 33.1 Å². The Bertz CT molecular complexity index is 383. The molecule has 9 heteroatoms. The van der Waals surface area contributed by atoms with Crippen molar-refractivity contribution in [3.63, 3.8) is 0 Å². The minimum atomic E-state index is -0.925. The van der Waals surface area contributed by atoms with Gasteiger partial charge in [0.05, 0.1) is 58.1 Å². The van der Waals surface area contributed by atoms with Crippen molar-refractivity contribution in [1.82, 2.24) is 0 Å². The molecule has 0 rings (SSSR count). The lowest BCUT2D eigenvalue weighted by molar-refractivity contribution is -0.140. The van der Waals surface area contributed by atoms with Crippen molar-refractivity contribution in [3.8, 4) is 0 Å². The van der Waals surface area contributed by atoms with Crippen LogP contribution in [0.2, 0.25) is 0 Å². The number of carbonyl (C=O) groups excluding carboxylic acids is 1. The van der Waals surface area contributed by atoms with Crippen LogP contribution in [0, 0.1) is 5.41 Å². The predicted octanol–water partition coefficient (Wildman–Crippen LogP) is 0.189. The summed E-state index contributed by atoms with van der Waals surface area (Å²) < 4.78 is 22.6. The Balaban J connectivity index is 4.83. The molecular weight excluding hydrogens is 356 g/mol. The standard InChI is InChI=1S/C18H36N2O7/c1-15(20)10-27-14-18(11-24-7-3-6-19,12-25-8-4-16(2)21)13-26-9-5-17(22)23/h15H,3-14,19-20H2,1-2H3,(H,22,23). The fourth-order valence-electron chi connectivity index (χ4n) is 2.14. The largest absolute Gasteiger partial charge is 0.481 e. The normalized spacial score (nSPS) is 14.7. The SMILES string of the molecule is CC(=O)CCOCC(COCCCN)(COCCC(=O)O)COCC(C)N. The lowest BCUT2D eigenvalue weighted by atomic mass is 9.92. The van der Waals surface area contributed by atoms with E-state index in [4.69, 9.17) is 35.5 Å². The van der Waals surface area contributed by atoms with Gasteiger partial charge in [0.15, 0.2) is 0 Å². The van der Waals surface area contributed by atoms with Crippen molar-refractivity contribution < 1.29 is 33.6 Å². The number of Topliss-reactive ketones (excluding diaryl/α,β-unsaturated/α-hetero) is 1. The first kappa shape index (κ1) is 25.9. The first-order chi connectivity index (χ1) is 12.8. The topological polar surface area (TPSA) is 143 Å². The van der Waals surface area contributed by atoms with Crippen molar-refractivity contribution in [3.05, 3.63) is 0 Å². The van der Waals surface area contributed by atoms with E-state index in [1.807, 2.05) is 6.92 Å². The second-order valence-corrected chi connectivity index (χ2v) is 6.89. The molecule has 0 bridgehead atoms. The monoisotopic (exact) mass is 392 g/mol. The van der Waals surface area contributed by atoms with E-state index < -0.39 is 11.4 Å². The molecule has 0 radical (unpaired) electrons. The Morgan fingerprint density at radius 2 is 1.48 bits per heavy atom. The van der Waals surface area contributed by atoms with Gasteiger partial charge in [0.25, 0.3) is 0 Å². The summed E-state index contributed by atoms with van der Waals surface area (Å²) in [6.07, 6.45) is 0.961. The third-order valence-electron chi connectivity index (χ3n) is 3.57. The zero-order valence-electron chi connectivity index (χ0n) is 16.6. The number of nitrogens with two attached hydrogens (primary N) is 2. The molecule has 160 valence electrons. The van der Waals surface area contributed by atoms with E-state index in [0.29, 0.717) is 39.4 Å². The zero-order chi connectivity index (χ0) is 20.5. The van der Waals surface area contributed by atoms with Crippen molar-refractivity contribution in [2.45, 2.75) is 39.2 Å². The van der Waals surface area contributed by atoms with Gasteiger partial charge in [-0.15, -0.1) is 0 Å². The Morgan fingerprint density at radius 1 is 0.963 bits per heavy atom. The van der Waals surface area contributed by atoms with Crippen molar-refractivity contribution in [2.75, 3.05) is 59.4 Å². The minimum absolute atomic E-state index is 0.0470. The summed E-state index contributed by atoms with van der Waals surface area (Å²) in [4.78, 5) is 21.8. The van der Waals surface area contributed by atoms with Crippen molar-refractivity contribution in [2.24, 2.45) is 16.9 Å². The average Bonchev–Trinajstić information content (AvgIpc) is 2.59. The molecule has 0 aliphatic heterocycles. The smallest absolute Gasteiger partial charge is 0.305 e. The summed E-state index contributed by atoms with van der Waals surface area (Å²) in [5.41, 5.74) is 10.6. The Labute approximate surface area is 161 Å². The van der Waals surface area contributed by atoms with E-state index >= 15 is 0 Å². The molecule has 0 aliphatic carbocycles. The quantitative estimate of drug-likeness (QED) is 0.262. The van der Waals surface area contributed by atoms with Gasteiger partial charge in [-0.05, 0) is 26.8 Å². The van der Waals surface area contributed by atoms with Crippen LogP contribution in [-0.2, 0) is 28.5 Å². The summed E-state index contributed by atoms with van der Waals surface area (Å²) in [6, 6.07) is -0.118. The fraction of sp³-hybridized carbons (Fsp3) is 0.889. The molecule has 0 aliphatic rings. The van der Waals surface area contributed by atoms with Crippen LogP contribution >= 0.6 is 0 Å². The lowest BCUT2D eigenvalue weighted by Crippen LogP contribution is -2.43. The fourth-order valence-corrected chi connectivity index (χ4v) is 2.14. The van der Waals surface area contributed by atoms with Gasteiger partial charge in [0, 0.05) is 19.1 Å². The molecule has 0 fully saturated rings. The number of ketones is 1. The molecule has 2 unspecified atom stereocenters. The maximum atomic E-state index is 11.1. The second kappa shape index (κ2) is 15.9. The van der Waals surface area contributed by atoms with E-state index in [2.05, 4.69) is 0 Å². The van der Waals surface area contributed by atoms with Gasteiger partial charge in [0.1, 0.15) is 5.78 Å². The predicted molar refractivity (Wildman–Crippen MR) is 101 cm³/mol. The molecule has 0 saturated heterocycles. The molecule has 0 aromatic heterocycles. The Hall–Kier alpha value is -1.10. The van der Waals surface area contributed by atoms with Crippen molar-refractivity contribution in [1.29, 1.82) is 0 Å². The van der Waals surface area contributed by atoms with E-state index in [-0.39, 0.29) is 44.7 Å². The van der Waals surface area contributed by atoms with Crippen LogP contribution in [0.25, 0.3) is 0 Å². The maximum Gasteiger partial charge on any atom is 0.305 e. The lowest BCUT2D eigenvalue weighted by Gasteiger charge is -2.33. The number of hydrogen-bond acceptors (Lipinski definition) is 8. The third-order valence-corrected chi connectivity index (χ3v) is 3.57. The van der Waals surface area contributed by atoms with Crippen LogP contribution in [0.3, 0.4) is 0 Å². The molecule has 0 heterocycles. The minimum Gasteiger partial charge on any atom is -0.481 e. The van der Waals surface area contributed by atoms with Crippen LogP contribution < -0.4 is 11.5 Å². The molecule has 27 heavy (non-hydrogen) atoms. The number of hydrogen-bond donors (Lipinski definition) is 3. The molecule has 9 nitrogen and oxygen atoms in total. The number of aliphatic carboxylic acids is 1. The van der Waals surface area contributed by atoms with Gasteiger partial charge >= 0.3 is 5.97 Å². The number of rotatable bonds is 19. The zero-order valence-corrected chi connectivity index (χ0v) is 16.6. The Kier molecular flexibility index (Phi) is 15.3. The number of ether oxygens (including phenoxy) is 4. The molecule has 5 N–H and O–H groups in total. The molecule has 0 amide bonds. The summed E-state index contributed by atoms with van der Waals surface area (Å²) in [6.45, 7) is 6.17. The van der Waals surface area contributed by atoms with Gasteiger partial charge in [0.2, 0.25) is 0 Å². The average molecular weight is 392 g/mol. The molecular formula is C18H36N2O7. The summed E-state index contributed by atoms with van der Waals surface area (Å²) in [5.74, 6) is -0.878. The van der Waals surface area contributed by atoms with Crippen LogP contribution in [0.4, 0.5) is 0 Å². The van der Waals surface area contributed by atoms with E-state index in [0.717, 1.165) is 6.42 Å². The first-order valence-electron chi connectivity index (χ1n) is 9.29. The molecule has 2 atom stereocenters. The highest BCUT2D eigenvalue weighted by molar-refractivity contribution is 5.75. The first-order valence-corrected chi connectivity index (χ1v) is 9.29. The van der Waals surface area contributed by atoms with E-state index in [9.17, 15) is 9.59 Å². The second-order valence-electron chi connectivity index (χ2n) is 6.89. The van der Waals surface area contributed by atoms with Gasteiger partial charge in [-0.2, -0.15) is 0 Å². The van der Waals surface area contributed by atoms with Gasteiger partial charge in [-0.25, -0.2) is 0 Å². The molecule has 0 aromatic carbocycles. The number of carbonyl (C=O) groups is 2. The van der Waals surface area contributed by atoms with Crippen molar-refractivity contribution >= 4 is 11.8 Å². The van der Waals surface area contributed by atoms with Crippen LogP contribution in [0.15, 0.2) is 0 Å². The highest BCUT2D eigenvalue weighted by Crippen LogP contribution is 2.21. The highest BCUT2D eigenvalue weighted by atomic mass is 16.5. The highest BCUT2D eigenvalue weighted by Gasteiger charge is 2.32. The third kappa shape index (κ3) is 15.6. The maximum absolute atomic E-state index is 11.1. The van der Waals surface area contributed by atoms with Gasteiger partial charge < -0.3 is 35.5 Å². The number of carboxylic acids is 1. The van der Waals surface area contributed by atoms with Crippen LogP contribution in [-0.4, -0.2) is 82.3 Å². The summed E-state index contributed by atoms with van der Waals surface area (Å²) in [7, 11) is 0. The Morgan fingerprint density at radius 3 is 1.96 bits per heavy atom. The van der Waals surface area contributed by atoms with E-state index in [1.165, 1.54) is 6.92 Å². The summed E-state index contributed by atoms with van der Waals surface area (Å²) in [5, 5.41) is 8.76. The van der Waals surface area contributed by atoms with Gasteiger partial charge in [-0.1, -0.05) is 0 Å². The molecule has 0 aromatic rings. The van der Waals surface area contributed by atoms with E-state index in [1.54, 1.807) is 0 Å². The molecule has 0 saturated carbocycles.